The summed E-state index contributed by atoms with van der Waals surface area (Å²) in [7, 11) is 1.10. The third kappa shape index (κ3) is 1.96. The SMILES string of the molecule is Cn1ncnc1[C@](O)(C[N+](=O)[O-])C(F)(F)F. The number of alkyl halides is 3. The van der Waals surface area contributed by atoms with Gasteiger partial charge in [-0.15, -0.1) is 0 Å². The number of halogens is 3. The molecule has 0 saturated heterocycles. The molecule has 1 atom stereocenters. The van der Waals surface area contributed by atoms with Crippen molar-refractivity contribution >= 4 is 0 Å². The van der Waals surface area contributed by atoms with Gasteiger partial charge in [-0.3, -0.25) is 10.1 Å². The van der Waals surface area contributed by atoms with Crippen molar-refractivity contribution in [2.24, 2.45) is 7.05 Å². The average Bonchev–Trinajstić information content (AvgIpc) is 2.48. The fourth-order valence-electron chi connectivity index (χ4n) is 1.14. The summed E-state index contributed by atoms with van der Waals surface area (Å²) in [5.74, 6) is -0.920. The molecule has 0 radical (unpaired) electrons. The first kappa shape index (κ1) is 12.4. The van der Waals surface area contributed by atoms with Crippen molar-refractivity contribution in [3.63, 3.8) is 0 Å². The Morgan fingerprint density at radius 3 is 2.50 bits per heavy atom. The van der Waals surface area contributed by atoms with Crippen LogP contribution in [0.25, 0.3) is 0 Å². The Kier molecular flexibility index (Phi) is 2.86. The van der Waals surface area contributed by atoms with E-state index < -0.39 is 29.1 Å². The van der Waals surface area contributed by atoms with E-state index in [-0.39, 0.29) is 0 Å². The van der Waals surface area contributed by atoms with Crippen LogP contribution < -0.4 is 0 Å². The number of aliphatic hydroxyl groups is 1. The molecule has 0 bridgehead atoms. The highest BCUT2D eigenvalue weighted by atomic mass is 19.4. The number of hydrogen-bond acceptors (Lipinski definition) is 5. The molecule has 1 aromatic rings. The van der Waals surface area contributed by atoms with Gasteiger partial charge in [-0.2, -0.15) is 18.3 Å². The molecule has 1 N–H and O–H groups in total. The number of aromatic nitrogens is 3. The van der Waals surface area contributed by atoms with Crippen molar-refractivity contribution in [2.75, 3.05) is 6.54 Å². The van der Waals surface area contributed by atoms with Crippen molar-refractivity contribution in [3.05, 3.63) is 22.3 Å². The molecular weight excluding hydrogens is 233 g/mol. The van der Waals surface area contributed by atoms with Crippen LogP contribution in [0.3, 0.4) is 0 Å². The Labute approximate surface area is 86.7 Å². The van der Waals surface area contributed by atoms with Gasteiger partial charge in [0, 0.05) is 12.0 Å². The van der Waals surface area contributed by atoms with Gasteiger partial charge in [0.15, 0.2) is 5.82 Å². The zero-order valence-electron chi connectivity index (χ0n) is 7.97. The number of aryl methyl sites for hydroxylation is 1. The summed E-state index contributed by atoms with van der Waals surface area (Å²) in [5.41, 5.74) is -3.64. The zero-order chi connectivity index (χ0) is 12.6. The van der Waals surface area contributed by atoms with Gasteiger partial charge in [-0.05, 0) is 0 Å². The summed E-state index contributed by atoms with van der Waals surface area (Å²) in [6.07, 6.45) is -4.44. The number of rotatable bonds is 3. The standard InChI is InChI=1S/C6H7F3N4O3/c1-12-4(10-3-11-12)5(14,2-13(15)16)6(7,8)9/h3,14H,2H2,1H3/t5-/m1/s1. The number of nitro groups is 1. The van der Waals surface area contributed by atoms with Crippen LogP contribution in [0.2, 0.25) is 0 Å². The minimum atomic E-state index is -5.21. The van der Waals surface area contributed by atoms with Crippen molar-refractivity contribution in [1.29, 1.82) is 0 Å². The molecule has 0 aliphatic rings. The molecule has 0 spiro atoms. The first-order valence-corrected chi connectivity index (χ1v) is 3.94. The topological polar surface area (TPSA) is 94.1 Å². The molecule has 1 aromatic heterocycles. The van der Waals surface area contributed by atoms with Crippen LogP contribution in [0.5, 0.6) is 0 Å². The molecular formula is C6H7F3N4O3. The third-order valence-electron chi connectivity index (χ3n) is 1.91. The number of nitrogens with zero attached hydrogens (tertiary/aromatic N) is 4. The largest absolute Gasteiger partial charge is 0.431 e. The molecule has 0 unspecified atom stereocenters. The maximum Gasteiger partial charge on any atom is 0.431 e. The van der Waals surface area contributed by atoms with Gasteiger partial charge in [0.2, 0.25) is 6.54 Å². The quantitative estimate of drug-likeness (QED) is 0.585. The molecule has 7 nitrogen and oxygen atoms in total. The van der Waals surface area contributed by atoms with Gasteiger partial charge in [-0.1, -0.05) is 0 Å². The Morgan fingerprint density at radius 2 is 2.19 bits per heavy atom. The smallest absolute Gasteiger partial charge is 0.369 e. The van der Waals surface area contributed by atoms with E-state index in [0.717, 1.165) is 13.4 Å². The second-order valence-corrected chi connectivity index (χ2v) is 3.06. The first-order chi connectivity index (χ1) is 7.18. The predicted molar refractivity (Wildman–Crippen MR) is 42.8 cm³/mol. The minimum absolute atomic E-state index is 0.636. The Balaban J connectivity index is 3.26. The molecule has 90 valence electrons. The summed E-state index contributed by atoms with van der Waals surface area (Å²) < 4.78 is 38.4. The lowest BCUT2D eigenvalue weighted by Crippen LogP contribution is -2.49. The predicted octanol–water partition coefficient (Wildman–Crippen LogP) is -0.158. The van der Waals surface area contributed by atoms with Crippen LogP contribution in [0.15, 0.2) is 6.33 Å². The average molecular weight is 240 g/mol. The van der Waals surface area contributed by atoms with Crippen LogP contribution in [-0.2, 0) is 12.6 Å². The first-order valence-electron chi connectivity index (χ1n) is 3.94. The molecule has 0 amide bonds. The molecule has 1 rings (SSSR count). The molecule has 0 saturated carbocycles. The van der Waals surface area contributed by atoms with E-state index in [0.29, 0.717) is 4.68 Å². The van der Waals surface area contributed by atoms with Crippen molar-refractivity contribution in [2.45, 2.75) is 11.8 Å². The van der Waals surface area contributed by atoms with Crippen molar-refractivity contribution in [3.8, 4) is 0 Å². The van der Waals surface area contributed by atoms with Crippen LogP contribution in [0.1, 0.15) is 5.82 Å². The van der Waals surface area contributed by atoms with Crippen LogP contribution >= 0.6 is 0 Å². The highest BCUT2D eigenvalue weighted by Gasteiger charge is 2.61. The highest BCUT2D eigenvalue weighted by Crippen LogP contribution is 2.37. The van der Waals surface area contributed by atoms with Gasteiger partial charge in [0.05, 0.1) is 0 Å². The van der Waals surface area contributed by atoms with E-state index in [1.807, 2.05) is 0 Å². The van der Waals surface area contributed by atoms with E-state index >= 15 is 0 Å². The molecule has 0 aliphatic carbocycles. The van der Waals surface area contributed by atoms with E-state index in [4.69, 9.17) is 0 Å². The summed E-state index contributed by atoms with van der Waals surface area (Å²) in [6.45, 7) is -1.72. The lowest BCUT2D eigenvalue weighted by atomic mass is 10.0. The maximum atomic E-state index is 12.6. The van der Waals surface area contributed by atoms with Gasteiger partial charge in [0.25, 0.3) is 5.60 Å². The van der Waals surface area contributed by atoms with E-state index in [1.54, 1.807) is 0 Å². The molecule has 16 heavy (non-hydrogen) atoms. The zero-order valence-corrected chi connectivity index (χ0v) is 7.97. The Morgan fingerprint density at radius 1 is 1.62 bits per heavy atom. The Bertz CT molecular complexity index is 404. The van der Waals surface area contributed by atoms with Gasteiger partial charge in [0.1, 0.15) is 6.33 Å². The van der Waals surface area contributed by atoms with E-state index in [1.165, 1.54) is 0 Å². The molecule has 0 aliphatic heterocycles. The lowest BCUT2D eigenvalue weighted by Gasteiger charge is -2.25. The molecule has 0 fully saturated rings. The molecule has 0 aromatic carbocycles. The van der Waals surface area contributed by atoms with Crippen molar-refractivity contribution < 1.29 is 23.2 Å². The molecule has 10 heteroatoms. The fraction of sp³-hybridized carbons (Fsp3) is 0.667. The molecule has 1 heterocycles. The van der Waals surface area contributed by atoms with Gasteiger partial charge >= 0.3 is 6.18 Å². The summed E-state index contributed by atoms with van der Waals surface area (Å²) in [4.78, 5) is 12.1. The second-order valence-electron chi connectivity index (χ2n) is 3.06. The normalized spacial score (nSPS) is 15.8. The Hall–Kier alpha value is -1.71. The second kappa shape index (κ2) is 3.70. The summed E-state index contributed by atoms with van der Waals surface area (Å²) in [5, 5.41) is 22.9. The van der Waals surface area contributed by atoms with Crippen LogP contribution in [0, 0.1) is 10.1 Å². The monoisotopic (exact) mass is 240 g/mol. The minimum Gasteiger partial charge on any atom is -0.369 e. The van der Waals surface area contributed by atoms with Crippen LogP contribution in [0.4, 0.5) is 13.2 Å². The summed E-state index contributed by atoms with van der Waals surface area (Å²) >= 11 is 0. The van der Waals surface area contributed by atoms with E-state index in [2.05, 4.69) is 10.1 Å². The third-order valence-corrected chi connectivity index (χ3v) is 1.91. The fourth-order valence-corrected chi connectivity index (χ4v) is 1.14. The summed E-state index contributed by atoms with van der Waals surface area (Å²) in [6, 6.07) is 0. The number of hydrogen-bond donors (Lipinski definition) is 1. The van der Waals surface area contributed by atoms with Gasteiger partial charge in [-0.25, -0.2) is 9.67 Å². The van der Waals surface area contributed by atoms with Crippen LogP contribution in [-0.4, -0.2) is 37.5 Å². The van der Waals surface area contributed by atoms with Gasteiger partial charge < -0.3 is 5.11 Å². The van der Waals surface area contributed by atoms with E-state index in [9.17, 15) is 28.4 Å². The highest BCUT2D eigenvalue weighted by molar-refractivity contribution is 5.05. The maximum absolute atomic E-state index is 12.6. The van der Waals surface area contributed by atoms with Crippen molar-refractivity contribution in [1.82, 2.24) is 14.8 Å². The lowest BCUT2D eigenvalue weighted by molar-refractivity contribution is -0.519.